The number of halogens is 3. The molecule has 29 heavy (non-hydrogen) atoms. The van der Waals surface area contributed by atoms with E-state index in [-0.39, 0.29) is 16.9 Å². The van der Waals surface area contributed by atoms with Crippen molar-refractivity contribution in [3.8, 4) is 0 Å². The molecule has 0 fully saturated rings. The molecular formula is C22H17Cl2FN4. The van der Waals surface area contributed by atoms with Crippen LogP contribution in [0, 0.1) is 12.7 Å². The fraction of sp³-hybridized carbons (Fsp3) is 0.182. The largest absolute Gasteiger partial charge is 0.356 e. The molecule has 0 bridgehead atoms. The molecule has 1 aliphatic rings. The van der Waals surface area contributed by atoms with Crippen molar-refractivity contribution < 1.29 is 4.39 Å². The number of H-pyrrole nitrogens is 1. The molecule has 2 aromatic carbocycles. The molecule has 0 radical (unpaired) electrons. The van der Waals surface area contributed by atoms with Gasteiger partial charge in [0.25, 0.3) is 0 Å². The summed E-state index contributed by atoms with van der Waals surface area (Å²) in [5, 5.41) is 1.19. The number of benzene rings is 2. The van der Waals surface area contributed by atoms with Crippen LogP contribution in [0.15, 0.2) is 48.8 Å². The summed E-state index contributed by atoms with van der Waals surface area (Å²) in [7, 11) is 0. The summed E-state index contributed by atoms with van der Waals surface area (Å²) in [6.07, 6.45) is 3.84. The van der Waals surface area contributed by atoms with Crippen molar-refractivity contribution in [3.63, 3.8) is 0 Å². The molecule has 4 aromatic rings. The highest BCUT2D eigenvalue weighted by molar-refractivity contribution is 6.31. The molecular weight excluding hydrogens is 410 g/mol. The summed E-state index contributed by atoms with van der Waals surface area (Å²) in [5.74, 6) is 0.211. The first-order valence-corrected chi connectivity index (χ1v) is 10.1. The van der Waals surface area contributed by atoms with Gasteiger partial charge in [0.05, 0.1) is 28.5 Å². The summed E-state index contributed by atoms with van der Waals surface area (Å²) in [6, 6.07) is 11.6. The Morgan fingerprint density at radius 3 is 2.52 bits per heavy atom. The third-order valence-corrected chi connectivity index (χ3v) is 5.92. The van der Waals surface area contributed by atoms with E-state index in [9.17, 15) is 4.39 Å². The number of hydrogen-bond donors (Lipinski definition) is 1. The second-order valence-electron chi connectivity index (χ2n) is 7.26. The number of rotatable bonds is 2. The first-order chi connectivity index (χ1) is 14.0. The van der Waals surface area contributed by atoms with Gasteiger partial charge < -0.3 is 9.88 Å². The van der Waals surface area contributed by atoms with E-state index >= 15 is 0 Å². The Morgan fingerprint density at radius 1 is 1.07 bits per heavy atom. The molecule has 0 aliphatic carbocycles. The lowest BCUT2D eigenvalue weighted by Gasteiger charge is -2.36. The van der Waals surface area contributed by atoms with Gasteiger partial charge in [0.2, 0.25) is 5.95 Å². The maximum atomic E-state index is 14.9. The summed E-state index contributed by atoms with van der Waals surface area (Å²) < 4.78 is 14.9. The van der Waals surface area contributed by atoms with Crippen LogP contribution in [0.5, 0.6) is 0 Å². The Hall–Kier alpha value is -2.63. The van der Waals surface area contributed by atoms with Crippen molar-refractivity contribution in [2.24, 2.45) is 0 Å². The van der Waals surface area contributed by atoms with Crippen molar-refractivity contribution in [2.75, 3.05) is 11.4 Å². The minimum Gasteiger partial charge on any atom is -0.356 e. The number of aryl methyl sites for hydroxylation is 1. The number of nitrogens with one attached hydrogen (secondary N) is 1. The molecule has 1 N–H and O–H groups in total. The van der Waals surface area contributed by atoms with Crippen molar-refractivity contribution >= 4 is 40.1 Å². The predicted octanol–water partition coefficient (Wildman–Crippen LogP) is 5.86. The first kappa shape index (κ1) is 18.4. The van der Waals surface area contributed by atoms with Crippen LogP contribution >= 0.6 is 23.2 Å². The fourth-order valence-electron chi connectivity index (χ4n) is 4.08. The normalized spacial score (nSPS) is 16.3. The highest BCUT2D eigenvalue weighted by Crippen LogP contribution is 2.41. The quantitative estimate of drug-likeness (QED) is 0.436. The number of nitrogens with zero attached hydrogens (tertiary/aromatic N) is 3. The van der Waals surface area contributed by atoms with Crippen LogP contribution in [0.3, 0.4) is 0 Å². The molecule has 146 valence electrons. The predicted molar refractivity (Wildman–Crippen MR) is 114 cm³/mol. The Labute approximate surface area is 177 Å². The van der Waals surface area contributed by atoms with Crippen molar-refractivity contribution in [1.29, 1.82) is 0 Å². The molecule has 0 saturated carbocycles. The number of aromatic amines is 1. The Morgan fingerprint density at radius 2 is 1.79 bits per heavy atom. The number of hydrogen-bond acceptors (Lipinski definition) is 3. The van der Waals surface area contributed by atoms with Gasteiger partial charge in [-0.15, -0.1) is 0 Å². The standard InChI is InChI=1S/C22H17Cl2FN4/c1-12-2-4-13(5-3-12)21-20-15(18-17(28-20)7-6-16(24)19(18)25)8-9-29(21)22-26-10-14(23)11-27-22/h2-7,10-11,21,28H,8-9H2,1H3. The molecule has 0 spiro atoms. The molecule has 3 heterocycles. The Bertz CT molecular complexity index is 1200. The summed E-state index contributed by atoms with van der Waals surface area (Å²) in [5.41, 5.74) is 4.89. The van der Waals surface area contributed by atoms with Crippen LogP contribution < -0.4 is 4.90 Å². The molecule has 4 nitrogen and oxygen atoms in total. The smallest absolute Gasteiger partial charge is 0.226 e. The number of aromatic nitrogens is 3. The van der Waals surface area contributed by atoms with Gasteiger partial charge in [0.1, 0.15) is 0 Å². The zero-order chi connectivity index (χ0) is 20.1. The lowest BCUT2D eigenvalue weighted by molar-refractivity contribution is 0.619. The molecule has 1 aliphatic heterocycles. The van der Waals surface area contributed by atoms with Crippen LogP contribution in [0.25, 0.3) is 10.9 Å². The van der Waals surface area contributed by atoms with Crippen LogP contribution in [0.4, 0.5) is 10.3 Å². The van der Waals surface area contributed by atoms with E-state index in [0.29, 0.717) is 29.3 Å². The maximum absolute atomic E-state index is 14.9. The lowest BCUT2D eigenvalue weighted by Crippen LogP contribution is -2.37. The zero-order valence-corrected chi connectivity index (χ0v) is 17.1. The van der Waals surface area contributed by atoms with Gasteiger partial charge in [-0.2, -0.15) is 0 Å². The molecule has 5 rings (SSSR count). The van der Waals surface area contributed by atoms with Gasteiger partial charge in [-0.25, -0.2) is 14.4 Å². The second kappa shape index (κ2) is 7.01. The summed E-state index contributed by atoms with van der Waals surface area (Å²) in [6.45, 7) is 2.70. The van der Waals surface area contributed by atoms with E-state index in [1.807, 2.05) is 6.07 Å². The number of fused-ring (bicyclic) bond motifs is 3. The van der Waals surface area contributed by atoms with Crippen LogP contribution in [-0.2, 0) is 6.42 Å². The highest BCUT2D eigenvalue weighted by Gasteiger charge is 2.34. The molecule has 1 unspecified atom stereocenters. The SMILES string of the molecule is Cc1ccc(C2c3[nH]c4ccc(Cl)c(F)c4c3CCN2c2ncc(Cl)cn2)cc1. The van der Waals surface area contributed by atoms with Crippen LogP contribution in [0.2, 0.25) is 10.0 Å². The molecule has 1 atom stereocenters. The van der Waals surface area contributed by atoms with E-state index in [0.717, 1.165) is 22.3 Å². The topological polar surface area (TPSA) is 44.8 Å². The van der Waals surface area contributed by atoms with Gasteiger partial charge in [-0.3, -0.25) is 0 Å². The Kier molecular flexibility index (Phi) is 4.45. The average Bonchev–Trinajstić information content (AvgIpc) is 3.11. The van der Waals surface area contributed by atoms with Gasteiger partial charge in [0, 0.05) is 23.1 Å². The van der Waals surface area contributed by atoms with E-state index in [1.165, 1.54) is 5.56 Å². The molecule has 0 amide bonds. The summed E-state index contributed by atoms with van der Waals surface area (Å²) in [4.78, 5) is 14.4. The molecule has 0 saturated heterocycles. The third kappa shape index (κ3) is 3.05. The van der Waals surface area contributed by atoms with Gasteiger partial charge in [0.15, 0.2) is 5.82 Å². The van der Waals surface area contributed by atoms with Crippen molar-refractivity contribution in [3.05, 3.63) is 87.0 Å². The van der Waals surface area contributed by atoms with E-state index < -0.39 is 0 Å². The van der Waals surface area contributed by atoms with Gasteiger partial charge in [-0.05, 0) is 36.6 Å². The first-order valence-electron chi connectivity index (χ1n) is 9.32. The van der Waals surface area contributed by atoms with Crippen molar-refractivity contribution in [2.45, 2.75) is 19.4 Å². The fourth-order valence-corrected chi connectivity index (χ4v) is 4.33. The van der Waals surface area contributed by atoms with E-state index in [1.54, 1.807) is 18.5 Å². The Balaban J connectivity index is 1.73. The second-order valence-corrected chi connectivity index (χ2v) is 8.10. The van der Waals surface area contributed by atoms with E-state index in [2.05, 4.69) is 51.0 Å². The van der Waals surface area contributed by atoms with Gasteiger partial charge >= 0.3 is 0 Å². The van der Waals surface area contributed by atoms with E-state index in [4.69, 9.17) is 23.2 Å². The average molecular weight is 427 g/mol. The molecule has 2 aromatic heterocycles. The number of anilines is 1. The zero-order valence-electron chi connectivity index (χ0n) is 15.6. The minimum absolute atomic E-state index is 0.134. The third-order valence-electron chi connectivity index (χ3n) is 5.44. The van der Waals surface area contributed by atoms with Gasteiger partial charge in [-0.1, -0.05) is 53.0 Å². The van der Waals surface area contributed by atoms with Crippen LogP contribution in [0.1, 0.15) is 28.4 Å². The monoisotopic (exact) mass is 426 g/mol. The molecule has 7 heteroatoms. The minimum atomic E-state index is -0.375. The lowest BCUT2D eigenvalue weighted by atomic mass is 9.92. The van der Waals surface area contributed by atoms with Crippen LogP contribution in [-0.4, -0.2) is 21.5 Å². The van der Waals surface area contributed by atoms with Crippen molar-refractivity contribution in [1.82, 2.24) is 15.0 Å². The summed E-state index contributed by atoms with van der Waals surface area (Å²) >= 11 is 12.0. The highest BCUT2D eigenvalue weighted by atomic mass is 35.5. The maximum Gasteiger partial charge on any atom is 0.226 e.